The van der Waals surface area contributed by atoms with Gasteiger partial charge in [0.2, 0.25) is 0 Å². The molecule has 6 nitrogen and oxygen atoms in total. The minimum Gasteiger partial charge on any atom is -0.497 e. The molecule has 0 saturated heterocycles. The third-order valence-corrected chi connectivity index (χ3v) is 4.04. The zero-order valence-corrected chi connectivity index (χ0v) is 13.3. The van der Waals surface area contributed by atoms with Crippen molar-refractivity contribution in [3.8, 4) is 16.9 Å². The van der Waals surface area contributed by atoms with Crippen molar-refractivity contribution in [3.63, 3.8) is 0 Å². The van der Waals surface area contributed by atoms with E-state index in [1.807, 2.05) is 48.5 Å². The van der Waals surface area contributed by atoms with Crippen LogP contribution in [0.3, 0.4) is 0 Å². The van der Waals surface area contributed by atoms with E-state index in [0.29, 0.717) is 0 Å². The highest BCUT2D eigenvalue weighted by molar-refractivity contribution is 8.03. The molecule has 0 aliphatic rings. The second-order valence-corrected chi connectivity index (χ2v) is 5.66. The first-order valence-corrected chi connectivity index (χ1v) is 7.48. The van der Waals surface area contributed by atoms with E-state index in [0.717, 1.165) is 33.5 Å². The van der Waals surface area contributed by atoms with Crippen LogP contribution in [0.25, 0.3) is 11.1 Å². The third kappa shape index (κ3) is 4.18. The van der Waals surface area contributed by atoms with E-state index in [-0.39, 0.29) is 10.7 Å². The van der Waals surface area contributed by atoms with Crippen LogP contribution in [-0.2, 0) is 4.79 Å². The van der Waals surface area contributed by atoms with Crippen LogP contribution < -0.4 is 21.7 Å². The Kier molecular flexibility index (Phi) is 5.51. The van der Waals surface area contributed by atoms with Crippen LogP contribution in [0.4, 0.5) is 0 Å². The van der Waals surface area contributed by atoms with Crippen molar-refractivity contribution in [1.82, 2.24) is 5.43 Å². The molecule has 2 rings (SSSR count). The highest BCUT2D eigenvalue weighted by Crippen LogP contribution is 2.28. The number of carboxylic acids is 1. The normalized spacial score (nSPS) is 11.6. The third-order valence-electron chi connectivity index (χ3n) is 3.11. The summed E-state index contributed by atoms with van der Waals surface area (Å²) >= 11 is 1.13. The lowest BCUT2D eigenvalue weighted by molar-refractivity contribution is -0.133. The Hall–Kier alpha value is -2.64. The van der Waals surface area contributed by atoms with E-state index in [4.69, 9.17) is 21.4 Å². The van der Waals surface area contributed by atoms with Crippen molar-refractivity contribution in [3.05, 3.63) is 59.3 Å². The van der Waals surface area contributed by atoms with E-state index in [1.165, 1.54) is 0 Å². The zero-order chi connectivity index (χ0) is 16.8. The van der Waals surface area contributed by atoms with Crippen LogP contribution in [0.15, 0.2) is 64.2 Å². The molecule has 120 valence electrons. The van der Waals surface area contributed by atoms with Gasteiger partial charge >= 0.3 is 5.97 Å². The van der Waals surface area contributed by atoms with Crippen LogP contribution in [0, 0.1) is 0 Å². The summed E-state index contributed by atoms with van der Waals surface area (Å²) in [5.74, 6) is 4.76. The lowest BCUT2D eigenvalue weighted by atomic mass is 10.1. The number of ether oxygens (including phenoxy) is 1. The number of rotatable bonds is 6. The Morgan fingerprint density at radius 1 is 1.09 bits per heavy atom. The fraction of sp³-hybridized carbons (Fsp3) is 0.0625. The Morgan fingerprint density at radius 3 is 2.04 bits per heavy atom. The van der Waals surface area contributed by atoms with E-state index >= 15 is 0 Å². The molecule has 2 aromatic rings. The van der Waals surface area contributed by atoms with Crippen molar-refractivity contribution in [2.24, 2.45) is 11.6 Å². The molecule has 0 bridgehead atoms. The second kappa shape index (κ2) is 7.57. The van der Waals surface area contributed by atoms with Crippen LogP contribution in [-0.4, -0.2) is 18.2 Å². The first-order valence-electron chi connectivity index (χ1n) is 6.67. The van der Waals surface area contributed by atoms with Crippen LogP contribution in [0.5, 0.6) is 5.75 Å². The monoisotopic (exact) mass is 331 g/mol. The summed E-state index contributed by atoms with van der Waals surface area (Å²) < 4.78 is 5.13. The number of hydrogen-bond donors (Lipinski definition) is 4. The first-order chi connectivity index (χ1) is 11.0. The minimum atomic E-state index is -1.20. The maximum absolute atomic E-state index is 10.9. The number of methoxy groups -OCH3 is 1. The van der Waals surface area contributed by atoms with Gasteiger partial charge < -0.3 is 21.0 Å². The summed E-state index contributed by atoms with van der Waals surface area (Å²) in [5.41, 5.74) is 9.71. The quantitative estimate of drug-likeness (QED) is 0.278. The summed E-state index contributed by atoms with van der Waals surface area (Å²) in [6.45, 7) is 0. The number of carboxylic acid groups (broad SMARTS) is 1. The van der Waals surface area contributed by atoms with Crippen molar-refractivity contribution in [2.75, 3.05) is 7.11 Å². The molecule has 0 aliphatic heterocycles. The van der Waals surface area contributed by atoms with Gasteiger partial charge in [-0.1, -0.05) is 36.0 Å². The molecule has 0 saturated carbocycles. The average Bonchev–Trinajstić information content (AvgIpc) is 2.56. The predicted molar refractivity (Wildman–Crippen MR) is 90.5 cm³/mol. The molecule has 0 fully saturated rings. The van der Waals surface area contributed by atoms with Gasteiger partial charge in [0, 0.05) is 4.90 Å². The molecule has 7 heteroatoms. The summed E-state index contributed by atoms with van der Waals surface area (Å²) in [4.78, 5) is 11.8. The van der Waals surface area contributed by atoms with Crippen LogP contribution >= 0.6 is 11.8 Å². The maximum atomic E-state index is 10.9. The van der Waals surface area contributed by atoms with Gasteiger partial charge in [0.05, 0.1) is 7.11 Å². The maximum Gasteiger partial charge on any atom is 0.356 e. The van der Waals surface area contributed by atoms with Gasteiger partial charge in [0.15, 0.2) is 5.70 Å². The Balaban J connectivity index is 2.17. The molecule has 2 aromatic carbocycles. The van der Waals surface area contributed by atoms with Gasteiger partial charge in [0.1, 0.15) is 10.8 Å². The van der Waals surface area contributed by atoms with Crippen molar-refractivity contribution < 1.29 is 14.6 Å². The SMILES string of the molecule is COc1ccc(-c2ccc(S/C(N)=C(/NN)C(=O)O)cc2)cc1. The summed E-state index contributed by atoms with van der Waals surface area (Å²) in [7, 11) is 1.63. The highest BCUT2D eigenvalue weighted by Gasteiger charge is 2.12. The van der Waals surface area contributed by atoms with E-state index in [1.54, 1.807) is 7.11 Å². The molecular formula is C16H17N3O3S. The molecule has 0 heterocycles. The molecular weight excluding hydrogens is 314 g/mol. The van der Waals surface area contributed by atoms with Gasteiger partial charge in [-0.25, -0.2) is 4.79 Å². The Bertz CT molecular complexity index is 712. The predicted octanol–water partition coefficient (Wildman–Crippen LogP) is 2.13. The molecule has 0 amide bonds. The molecule has 0 aliphatic carbocycles. The standard InChI is InChI=1S/C16H17N3O3S/c1-22-12-6-2-10(3-7-12)11-4-8-13(9-5-11)23-15(17)14(19-18)16(20)21/h2-9,19H,17-18H2,1H3,(H,20,21)/b15-14+. The zero-order valence-electron chi connectivity index (χ0n) is 12.4. The lowest BCUT2D eigenvalue weighted by Gasteiger charge is -2.08. The molecule has 0 unspecified atom stereocenters. The number of nitrogens with two attached hydrogens (primary N) is 2. The fourth-order valence-electron chi connectivity index (χ4n) is 1.92. The van der Waals surface area contributed by atoms with Crippen molar-refractivity contribution in [1.29, 1.82) is 0 Å². The Labute approximate surface area is 138 Å². The van der Waals surface area contributed by atoms with Gasteiger partial charge in [-0.15, -0.1) is 0 Å². The average molecular weight is 331 g/mol. The number of thioether (sulfide) groups is 1. The number of hydrazine groups is 1. The summed E-state index contributed by atoms with van der Waals surface area (Å²) in [6.07, 6.45) is 0. The minimum absolute atomic E-state index is 0.0946. The van der Waals surface area contributed by atoms with Gasteiger partial charge in [0.25, 0.3) is 0 Å². The number of aliphatic carboxylic acids is 1. The molecule has 23 heavy (non-hydrogen) atoms. The topological polar surface area (TPSA) is 111 Å². The Morgan fingerprint density at radius 2 is 1.61 bits per heavy atom. The highest BCUT2D eigenvalue weighted by atomic mass is 32.2. The van der Waals surface area contributed by atoms with E-state index in [2.05, 4.69) is 5.43 Å². The van der Waals surface area contributed by atoms with Gasteiger partial charge in [-0.2, -0.15) is 0 Å². The molecule has 0 spiro atoms. The van der Waals surface area contributed by atoms with Gasteiger partial charge in [-0.05, 0) is 35.4 Å². The second-order valence-electron chi connectivity index (χ2n) is 4.54. The fourth-order valence-corrected chi connectivity index (χ4v) is 2.69. The number of nitrogens with one attached hydrogen (secondary N) is 1. The van der Waals surface area contributed by atoms with Crippen molar-refractivity contribution >= 4 is 17.7 Å². The first kappa shape index (κ1) is 16.7. The summed E-state index contributed by atoms with van der Waals surface area (Å²) in [5, 5.41) is 9.05. The summed E-state index contributed by atoms with van der Waals surface area (Å²) in [6, 6.07) is 15.3. The number of carbonyl (C=O) groups is 1. The lowest BCUT2D eigenvalue weighted by Crippen LogP contribution is -2.29. The van der Waals surface area contributed by atoms with Crippen LogP contribution in [0.1, 0.15) is 0 Å². The number of benzene rings is 2. The molecule has 0 atom stereocenters. The molecule has 0 radical (unpaired) electrons. The van der Waals surface area contributed by atoms with E-state index < -0.39 is 5.97 Å². The van der Waals surface area contributed by atoms with Gasteiger partial charge in [-0.3, -0.25) is 5.84 Å². The number of hydrogen-bond acceptors (Lipinski definition) is 6. The molecule has 0 aromatic heterocycles. The molecule has 6 N–H and O–H groups in total. The largest absolute Gasteiger partial charge is 0.497 e. The smallest absolute Gasteiger partial charge is 0.356 e. The van der Waals surface area contributed by atoms with E-state index in [9.17, 15) is 4.79 Å². The van der Waals surface area contributed by atoms with Crippen LogP contribution in [0.2, 0.25) is 0 Å². The van der Waals surface area contributed by atoms with Crippen molar-refractivity contribution in [2.45, 2.75) is 4.90 Å².